The van der Waals surface area contributed by atoms with Crippen molar-refractivity contribution in [3.8, 4) is 5.75 Å². The molecule has 3 nitrogen and oxygen atoms in total. The molecule has 1 aromatic carbocycles. The van der Waals surface area contributed by atoms with Crippen molar-refractivity contribution in [2.75, 3.05) is 13.7 Å². The smallest absolute Gasteiger partial charge is 0.137 e. The minimum Gasteiger partial charge on any atom is -0.495 e. The molecule has 0 spiro atoms. The quantitative estimate of drug-likeness (QED) is 0.815. The Balaban J connectivity index is 2.05. The number of halogens is 1. The number of ether oxygens (including phenoxy) is 1. The highest BCUT2D eigenvalue weighted by Crippen LogP contribution is 2.28. The number of nitrogens with two attached hydrogens (primary N) is 1. The Kier molecular flexibility index (Phi) is 6.14. The lowest BCUT2D eigenvalue weighted by Gasteiger charge is -2.24. The van der Waals surface area contributed by atoms with E-state index in [4.69, 9.17) is 22.1 Å². The standard InChI is InChI=1S/C16H25ClN2O/c1-20-16-9-8-12(10-14(16)17)15(11-18)19-13-6-4-2-3-5-7-13/h8-10,13,15,19H,2-7,11,18H2,1H3. The van der Waals surface area contributed by atoms with Gasteiger partial charge in [-0.05, 0) is 30.5 Å². The second-order valence-corrected chi connectivity index (χ2v) is 5.94. The molecule has 0 radical (unpaired) electrons. The summed E-state index contributed by atoms with van der Waals surface area (Å²) in [6, 6.07) is 6.66. The summed E-state index contributed by atoms with van der Waals surface area (Å²) < 4.78 is 5.20. The second-order valence-electron chi connectivity index (χ2n) is 5.54. The van der Waals surface area contributed by atoms with Gasteiger partial charge < -0.3 is 15.8 Å². The van der Waals surface area contributed by atoms with Crippen LogP contribution in [0.2, 0.25) is 5.02 Å². The van der Waals surface area contributed by atoms with Crippen LogP contribution in [-0.4, -0.2) is 19.7 Å². The lowest BCUT2D eigenvalue weighted by molar-refractivity contribution is 0.400. The highest BCUT2D eigenvalue weighted by Gasteiger charge is 2.18. The van der Waals surface area contributed by atoms with Gasteiger partial charge >= 0.3 is 0 Å². The molecule has 4 heteroatoms. The van der Waals surface area contributed by atoms with Crippen LogP contribution in [0.1, 0.15) is 50.1 Å². The first kappa shape index (κ1) is 15.6. The van der Waals surface area contributed by atoms with E-state index >= 15 is 0 Å². The fourth-order valence-electron chi connectivity index (χ4n) is 2.93. The van der Waals surface area contributed by atoms with Crippen LogP contribution in [-0.2, 0) is 0 Å². The topological polar surface area (TPSA) is 47.3 Å². The summed E-state index contributed by atoms with van der Waals surface area (Å²) in [7, 11) is 1.63. The zero-order valence-electron chi connectivity index (χ0n) is 12.2. The van der Waals surface area contributed by atoms with Crippen LogP contribution in [0.25, 0.3) is 0 Å². The zero-order chi connectivity index (χ0) is 14.4. The highest BCUT2D eigenvalue weighted by atomic mass is 35.5. The fraction of sp³-hybridized carbons (Fsp3) is 0.625. The Bertz CT molecular complexity index is 417. The van der Waals surface area contributed by atoms with Crippen molar-refractivity contribution in [1.82, 2.24) is 5.32 Å². The molecule has 0 saturated heterocycles. The number of nitrogens with one attached hydrogen (secondary N) is 1. The molecule has 1 fully saturated rings. The predicted molar refractivity (Wildman–Crippen MR) is 84.4 cm³/mol. The number of methoxy groups -OCH3 is 1. The molecule has 1 unspecified atom stereocenters. The van der Waals surface area contributed by atoms with Crippen LogP contribution < -0.4 is 15.8 Å². The second kappa shape index (κ2) is 7.87. The molecule has 112 valence electrons. The number of hydrogen-bond acceptors (Lipinski definition) is 3. The monoisotopic (exact) mass is 296 g/mol. The number of hydrogen-bond donors (Lipinski definition) is 2. The van der Waals surface area contributed by atoms with E-state index in [2.05, 4.69) is 5.32 Å². The zero-order valence-corrected chi connectivity index (χ0v) is 13.0. The highest BCUT2D eigenvalue weighted by molar-refractivity contribution is 6.32. The molecule has 1 aliphatic carbocycles. The third kappa shape index (κ3) is 4.11. The molecule has 1 aromatic rings. The lowest BCUT2D eigenvalue weighted by atomic mass is 10.0. The predicted octanol–water partition coefficient (Wildman–Crippen LogP) is 3.66. The van der Waals surface area contributed by atoms with Crippen LogP contribution >= 0.6 is 11.6 Å². The maximum atomic E-state index is 6.21. The van der Waals surface area contributed by atoms with Gasteiger partial charge in [0, 0.05) is 18.6 Å². The van der Waals surface area contributed by atoms with Crippen molar-refractivity contribution >= 4 is 11.6 Å². The number of rotatable bonds is 5. The van der Waals surface area contributed by atoms with E-state index in [9.17, 15) is 0 Å². The van der Waals surface area contributed by atoms with Crippen molar-refractivity contribution in [3.05, 3.63) is 28.8 Å². The number of benzene rings is 1. The SMILES string of the molecule is COc1ccc(C(CN)NC2CCCCCC2)cc1Cl. The molecule has 0 bridgehead atoms. The van der Waals surface area contributed by atoms with Crippen molar-refractivity contribution in [2.45, 2.75) is 50.6 Å². The van der Waals surface area contributed by atoms with Gasteiger partial charge in [-0.2, -0.15) is 0 Å². The molecule has 3 N–H and O–H groups in total. The van der Waals surface area contributed by atoms with E-state index in [1.54, 1.807) is 7.11 Å². The average Bonchev–Trinajstić information content (AvgIpc) is 2.73. The Morgan fingerprint density at radius 2 is 2.00 bits per heavy atom. The van der Waals surface area contributed by atoms with Gasteiger partial charge in [-0.15, -0.1) is 0 Å². The van der Waals surface area contributed by atoms with Gasteiger partial charge in [0.1, 0.15) is 5.75 Å². The fourth-order valence-corrected chi connectivity index (χ4v) is 3.20. The van der Waals surface area contributed by atoms with Gasteiger partial charge in [0.2, 0.25) is 0 Å². The summed E-state index contributed by atoms with van der Waals surface area (Å²) in [5.74, 6) is 0.709. The van der Waals surface area contributed by atoms with Gasteiger partial charge in [0.05, 0.1) is 12.1 Å². The van der Waals surface area contributed by atoms with E-state index in [1.165, 1.54) is 38.5 Å². The maximum absolute atomic E-state index is 6.21. The third-order valence-electron chi connectivity index (χ3n) is 4.11. The Morgan fingerprint density at radius 3 is 2.55 bits per heavy atom. The lowest BCUT2D eigenvalue weighted by Crippen LogP contribution is -2.36. The van der Waals surface area contributed by atoms with Crippen LogP contribution in [0.3, 0.4) is 0 Å². The van der Waals surface area contributed by atoms with E-state index in [0.717, 1.165) is 5.56 Å². The van der Waals surface area contributed by atoms with Crippen molar-refractivity contribution < 1.29 is 4.74 Å². The van der Waals surface area contributed by atoms with Gasteiger partial charge in [-0.25, -0.2) is 0 Å². The Labute approximate surface area is 126 Å². The van der Waals surface area contributed by atoms with Crippen molar-refractivity contribution in [1.29, 1.82) is 0 Å². The van der Waals surface area contributed by atoms with Crippen molar-refractivity contribution in [2.24, 2.45) is 5.73 Å². The van der Waals surface area contributed by atoms with Gasteiger partial charge in [-0.1, -0.05) is 43.4 Å². The van der Waals surface area contributed by atoms with Gasteiger partial charge in [0.15, 0.2) is 0 Å². The van der Waals surface area contributed by atoms with E-state index < -0.39 is 0 Å². The van der Waals surface area contributed by atoms with E-state index in [1.807, 2.05) is 18.2 Å². The first-order valence-corrected chi connectivity index (χ1v) is 7.92. The molecular weight excluding hydrogens is 272 g/mol. The van der Waals surface area contributed by atoms with Crippen LogP contribution in [0.15, 0.2) is 18.2 Å². The Morgan fingerprint density at radius 1 is 1.30 bits per heavy atom. The van der Waals surface area contributed by atoms with Crippen LogP contribution in [0.4, 0.5) is 0 Å². The third-order valence-corrected chi connectivity index (χ3v) is 4.40. The summed E-state index contributed by atoms with van der Waals surface area (Å²) >= 11 is 6.21. The van der Waals surface area contributed by atoms with Crippen LogP contribution in [0.5, 0.6) is 5.75 Å². The minimum atomic E-state index is 0.168. The largest absolute Gasteiger partial charge is 0.495 e. The molecule has 0 aliphatic heterocycles. The molecule has 1 aliphatic rings. The normalized spacial score (nSPS) is 18.6. The summed E-state index contributed by atoms with van der Waals surface area (Å²) in [4.78, 5) is 0. The Hall–Kier alpha value is -0.770. The minimum absolute atomic E-state index is 0.168. The van der Waals surface area contributed by atoms with Crippen LogP contribution in [0, 0.1) is 0 Å². The summed E-state index contributed by atoms with van der Waals surface area (Å²) in [6.07, 6.45) is 7.86. The van der Waals surface area contributed by atoms with E-state index in [0.29, 0.717) is 23.4 Å². The maximum Gasteiger partial charge on any atom is 0.137 e. The summed E-state index contributed by atoms with van der Waals surface area (Å²) in [5.41, 5.74) is 7.09. The first-order chi connectivity index (χ1) is 9.74. The molecule has 1 saturated carbocycles. The summed E-state index contributed by atoms with van der Waals surface area (Å²) in [5, 5.41) is 4.35. The molecule has 0 heterocycles. The average molecular weight is 297 g/mol. The molecule has 1 atom stereocenters. The molecule has 2 rings (SSSR count). The molecule has 20 heavy (non-hydrogen) atoms. The van der Waals surface area contributed by atoms with E-state index in [-0.39, 0.29) is 6.04 Å². The van der Waals surface area contributed by atoms with Gasteiger partial charge in [0.25, 0.3) is 0 Å². The van der Waals surface area contributed by atoms with Crippen molar-refractivity contribution in [3.63, 3.8) is 0 Å². The molecule has 0 amide bonds. The first-order valence-electron chi connectivity index (χ1n) is 7.54. The molecule has 0 aromatic heterocycles. The van der Waals surface area contributed by atoms with Gasteiger partial charge in [-0.3, -0.25) is 0 Å². The summed E-state index contributed by atoms with van der Waals surface area (Å²) in [6.45, 7) is 0.582. The molecular formula is C16H25ClN2O.